The largest absolute Gasteiger partial charge is 0.302 e. The molecule has 1 saturated heterocycles. The van der Waals surface area contributed by atoms with Crippen molar-refractivity contribution in [1.29, 1.82) is 5.26 Å². The molecule has 2 rings (SSSR count). The van der Waals surface area contributed by atoms with E-state index in [0.29, 0.717) is 0 Å². The summed E-state index contributed by atoms with van der Waals surface area (Å²) >= 11 is 0. The van der Waals surface area contributed by atoms with E-state index in [9.17, 15) is 0 Å². The van der Waals surface area contributed by atoms with Crippen LogP contribution < -0.4 is 5.32 Å². The van der Waals surface area contributed by atoms with Gasteiger partial charge in [-0.1, -0.05) is 19.8 Å². The molecule has 0 radical (unpaired) electrons. The molecule has 2 fully saturated rings. The molecule has 18 heavy (non-hydrogen) atoms. The van der Waals surface area contributed by atoms with Crippen LogP contribution in [0.4, 0.5) is 0 Å². The average molecular weight is 249 g/mol. The van der Waals surface area contributed by atoms with E-state index in [1.807, 2.05) is 0 Å². The van der Waals surface area contributed by atoms with Crippen molar-refractivity contribution in [3.8, 4) is 6.07 Å². The van der Waals surface area contributed by atoms with E-state index >= 15 is 0 Å². The van der Waals surface area contributed by atoms with Crippen molar-refractivity contribution in [1.82, 2.24) is 10.2 Å². The number of fused-ring (bicyclic) bond motifs is 1. The highest BCUT2D eigenvalue weighted by atomic mass is 15.2. The molecule has 1 saturated carbocycles. The van der Waals surface area contributed by atoms with Crippen LogP contribution in [0, 0.1) is 17.2 Å². The highest BCUT2D eigenvalue weighted by Crippen LogP contribution is 2.35. The Morgan fingerprint density at radius 2 is 2.06 bits per heavy atom. The highest BCUT2D eigenvalue weighted by Gasteiger charge is 2.32. The predicted octanol–water partition coefficient (Wildman–Crippen LogP) is 2.53. The Hall–Kier alpha value is -0.590. The van der Waals surface area contributed by atoms with Gasteiger partial charge in [0.2, 0.25) is 0 Å². The molecule has 3 heteroatoms. The van der Waals surface area contributed by atoms with Crippen molar-refractivity contribution in [2.45, 2.75) is 64.0 Å². The average Bonchev–Trinajstić information content (AvgIpc) is 2.43. The van der Waals surface area contributed by atoms with Crippen LogP contribution in [0.2, 0.25) is 0 Å². The topological polar surface area (TPSA) is 39.1 Å². The summed E-state index contributed by atoms with van der Waals surface area (Å²) < 4.78 is 0. The zero-order valence-corrected chi connectivity index (χ0v) is 11.7. The Labute approximate surface area is 112 Å². The van der Waals surface area contributed by atoms with Crippen LogP contribution in [0.25, 0.3) is 0 Å². The van der Waals surface area contributed by atoms with Crippen LogP contribution in [0.15, 0.2) is 0 Å². The van der Waals surface area contributed by atoms with Gasteiger partial charge in [-0.3, -0.25) is 0 Å². The number of nitrogens with zero attached hydrogens (tertiary/aromatic N) is 2. The first kappa shape index (κ1) is 13.8. The molecule has 0 amide bonds. The summed E-state index contributed by atoms with van der Waals surface area (Å²) in [4.78, 5) is 2.68. The Morgan fingerprint density at radius 1 is 1.28 bits per heavy atom. The smallest absolute Gasteiger partial charge is 0.0965 e. The molecule has 1 N–H and O–H groups in total. The Morgan fingerprint density at radius 3 is 2.83 bits per heavy atom. The molecule has 1 unspecified atom stereocenters. The normalized spacial score (nSPS) is 30.4. The zero-order chi connectivity index (χ0) is 12.8. The molecule has 3 atom stereocenters. The second-order valence-corrected chi connectivity index (χ2v) is 5.82. The van der Waals surface area contributed by atoms with Crippen LogP contribution in [-0.4, -0.2) is 36.6 Å². The van der Waals surface area contributed by atoms with E-state index < -0.39 is 0 Å². The van der Waals surface area contributed by atoms with Crippen LogP contribution >= 0.6 is 0 Å². The SMILES string of the molecule is CCNC(C#N)CCN1CCC[C@H]2CCCC[C@H]21. The summed E-state index contributed by atoms with van der Waals surface area (Å²) in [6, 6.07) is 3.24. The Bertz CT molecular complexity index is 282. The number of piperidine rings is 1. The Balaban J connectivity index is 1.82. The molecule has 1 aliphatic heterocycles. The fraction of sp³-hybridized carbons (Fsp3) is 0.933. The molecule has 0 bridgehead atoms. The van der Waals surface area contributed by atoms with Gasteiger partial charge in [0.05, 0.1) is 12.1 Å². The van der Waals surface area contributed by atoms with Crippen LogP contribution in [-0.2, 0) is 0 Å². The van der Waals surface area contributed by atoms with Crippen molar-refractivity contribution in [2.75, 3.05) is 19.6 Å². The number of hydrogen-bond donors (Lipinski definition) is 1. The van der Waals surface area contributed by atoms with Crippen molar-refractivity contribution in [3.05, 3.63) is 0 Å². The molecule has 0 aromatic carbocycles. The standard InChI is InChI=1S/C15H27N3/c1-2-17-14(12-16)9-11-18-10-5-7-13-6-3-4-8-15(13)18/h13-15,17H,2-11H2,1H3/t13-,14?,15-/m1/s1. The molecule has 1 heterocycles. The monoisotopic (exact) mass is 249 g/mol. The fourth-order valence-electron chi connectivity index (χ4n) is 3.76. The lowest BCUT2D eigenvalue weighted by Gasteiger charge is -2.44. The van der Waals surface area contributed by atoms with E-state index in [1.165, 1.54) is 45.1 Å². The summed E-state index contributed by atoms with van der Waals surface area (Å²) in [7, 11) is 0. The molecule has 0 spiro atoms. The van der Waals surface area contributed by atoms with Gasteiger partial charge in [-0.15, -0.1) is 0 Å². The zero-order valence-electron chi connectivity index (χ0n) is 11.7. The van der Waals surface area contributed by atoms with E-state index in [4.69, 9.17) is 5.26 Å². The lowest BCUT2D eigenvalue weighted by molar-refractivity contribution is 0.0589. The molecule has 102 valence electrons. The molecule has 0 aromatic heterocycles. The second-order valence-electron chi connectivity index (χ2n) is 5.82. The quantitative estimate of drug-likeness (QED) is 0.814. The first-order valence-corrected chi connectivity index (χ1v) is 7.72. The molecule has 2 aliphatic rings. The van der Waals surface area contributed by atoms with Crippen molar-refractivity contribution in [2.24, 2.45) is 5.92 Å². The van der Waals surface area contributed by atoms with Crippen molar-refractivity contribution in [3.63, 3.8) is 0 Å². The first-order chi connectivity index (χ1) is 8.85. The van der Waals surface area contributed by atoms with Gasteiger partial charge in [-0.25, -0.2) is 0 Å². The summed E-state index contributed by atoms with van der Waals surface area (Å²) in [6.07, 6.45) is 9.46. The molecule has 3 nitrogen and oxygen atoms in total. The number of likely N-dealkylation sites (tertiary alicyclic amines) is 1. The maximum atomic E-state index is 9.09. The van der Waals surface area contributed by atoms with Gasteiger partial charge < -0.3 is 10.2 Å². The lowest BCUT2D eigenvalue weighted by Crippen LogP contribution is -2.48. The van der Waals surface area contributed by atoms with Crippen LogP contribution in [0.3, 0.4) is 0 Å². The van der Waals surface area contributed by atoms with Gasteiger partial charge in [0.1, 0.15) is 0 Å². The fourth-order valence-corrected chi connectivity index (χ4v) is 3.76. The lowest BCUT2D eigenvalue weighted by atomic mass is 9.78. The third-order valence-corrected chi connectivity index (χ3v) is 4.67. The molecular weight excluding hydrogens is 222 g/mol. The predicted molar refractivity (Wildman–Crippen MR) is 74.2 cm³/mol. The first-order valence-electron chi connectivity index (χ1n) is 7.72. The molecule has 0 aromatic rings. The third kappa shape index (κ3) is 3.46. The summed E-state index contributed by atoms with van der Waals surface area (Å²) in [6.45, 7) is 5.32. The molecular formula is C15H27N3. The maximum Gasteiger partial charge on any atom is 0.0965 e. The second kappa shape index (κ2) is 7.11. The van der Waals surface area contributed by atoms with E-state index in [-0.39, 0.29) is 6.04 Å². The number of nitriles is 1. The summed E-state index contributed by atoms with van der Waals surface area (Å²) in [5.74, 6) is 0.951. The minimum atomic E-state index is 0.0407. The minimum Gasteiger partial charge on any atom is -0.302 e. The Kier molecular flexibility index (Phi) is 5.46. The van der Waals surface area contributed by atoms with Crippen molar-refractivity contribution < 1.29 is 0 Å². The number of hydrogen-bond acceptors (Lipinski definition) is 3. The van der Waals surface area contributed by atoms with Gasteiger partial charge in [-0.2, -0.15) is 5.26 Å². The van der Waals surface area contributed by atoms with E-state index in [2.05, 4.69) is 23.2 Å². The third-order valence-electron chi connectivity index (χ3n) is 4.67. The number of nitrogens with one attached hydrogen (secondary N) is 1. The minimum absolute atomic E-state index is 0.0407. The van der Waals surface area contributed by atoms with Gasteiger partial charge in [0.15, 0.2) is 0 Å². The van der Waals surface area contributed by atoms with Gasteiger partial charge >= 0.3 is 0 Å². The van der Waals surface area contributed by atoms with E-state index in [0.717, 1.165) is 31.5 Å². The summed E-state index contributed by atoms with van der Waals surface area (Å²) in [5.41, 5.74) is 0. The van der Waals surface area contributed by atoms with Crippen molar-refractivity contribution >= 4 is 0 Å². The van der Waals surface area contributed by atoms with Gasteiger partial charge in [0, 0.05) is 12.6 Å². The van der Waals surface area contributed by atoms with Gasteiger partial charge in [-0.05, 0) is 51.1 Å². The maximum absolute atomic E-state index is 9.09. The highest BCUT2D eigenvalue weighted by molar-refractivity contribution is 4.92. The van der Waals surface area contributed by atoms with Gasteiger partial charge in [0.25, 0.3) is 0 Å². The molecule has 1 aliphatic carbocycles. The van der Waals surface area contributed by atoms with Crippen LogP contribution in [0.5, 0.6) is 0 Å². The number of rotatable bonds is 5. The van der Waals surface area contributed by atoms with Crippen LogP contribution in [0.1, 0.15) is 51.9 Å². The summed E-state index contributed by atoms with van der Waals surface area (Å²) in [5, 5.41) is 12.3. The van der Waals surface area contributed by atoms with E-state index in [1.54, 1.807) is 0 Å².